The van der Waals surface area contributed by atoms with Crippen molar-refractivity contribution in [3.8, 4) is 11.5 Å². The number of amides is 1. The fraction of sp³-hybridized carbons (Fsp3) is 0.118. The number of anilines is 1. The van der Waals surface area contributed by atoms with Crippen molar-refractivity contribution >= 4 is 17.3 Å². The van der Waals surface area contributed by atoms with E-state index in [2.05, 4.69) is 10.1 Å². The molecule has 1 N–H and O–H groups in total. The van der Waals surface area contributed by atoms with E-state index in [1.54, 1.807) is 24.3 Å². The van der Waals surface area contributed by atoms with E-state index >= 15 is 0 Å². The van der Waals surface area contributed by atoms with E-state index in [-0.39, 0.29) is 23.7 Å². The minimum absolute atomic E-state index is 0.104. The lowest BCUT2D eigenvalue weighted by Gasteiger charge is -2.10. The highest BCUT2D eigenvalue weighted by atomic mass is 19.3. The summed E-state index contributed by atoms with van der Waals surface area (Å²) in [7, 11) is 0. The average Bonchev–Trinajstić information content (AvgIpc) is 2.60. The van der Waals surface area contributed by atoms with E-state index in [1.807, 2.05) is 6.07 Å². The number of halogens is 2. The van der Waals surface area contributed by atoms with Gasteiger partial charge in [0.2, 0.25) is 5.91 Å². The van der Waals surface area contributed by atoms with Crippen LogP contribution in [0.4, 0.5) is 20.2 Å². The number of nitro groups is 1. The largest absolute Gasteiger partial charge is 0.490 e. The topological polar surface area (TPSA) is 90.7 Å². The number of benzene rings is 2. The van der Waals surface area contributed by atoms with Gasteiger partial charge in [0.15, 0.2) is 0 Å². The zero-order chi connectivity index (χ0) is 18.9. The van der Waals surface area contributed by atoms with E-state index < -0.39 is 17.4 Å². The standard InChI is InChI=1S/C17H14F2N2O5/c18-17(19)26-15-9-8-12(21(23)24)11-14(15)20-16(22)7-4-10-25-13-5-2-1-3-6-13/h1-9,11,17H,10H2,(H,20,22). The molecule has 136 valence electrons. The maximum atomic E-state index is 12.4. The Kier molecular flexibility index (Phi) is 6.60. The molecule has 2 rings (SSSR count). The van der Waals surface area contributed by atoms with Crippen LogP contribution in [0.3, 0.4) is 0 Å². The number of nitrogens with one attached hydrogen (secondary N) is 1. The van der Waals surface area contributed by atoms with Gasteiger partial charge in [-0.15, -0.1) is 0 Å². The van der Waals surface area contributed by atoms with E-state index in [1.165, 1.54) is 6.08 Å². The van der Waals surface area contributed by atoms with Crippen molar-refractivity contribution in [2.75, 3.05) is 11.9 Å². The van der Waals surface area contributed by atoms with Gasteiger partial charge in [-0.05, 0) is 24.3 Å². The summed E-state index contributed by atoms with van der Waals surface area (Å²) < 4.78 is 34.4. The molecule has 0 radical (unpaired) electrons. The van der Waals surface area contributed by atoms with Gasteiger partial charge in [-0.1, -0.05) is 18.2 Å². The van der Waals surface area contributed by atoms with Crippen molar-refractivity contribution in [2.24, 2.45) is 0 Å². The SMILES string of the molecule is O=C(C=CCOc1ccccc1)Nc1cc([N+](=O)[O-])ccc1OC(F)F. The normalized spacial score (nSPS) is 10.7. The zero-order valence-electron chi connectivity index (χ0n) is 13.3. The molecule has 9 heteroatoms. The van der Waals surface area contributed by atoms with Crippen LogP contribution in [-0.2, 0) is 4.79 Å². The number of ether oxygens (including phenoxy) is 2. The molecule has 0 unspecified atom stereocenters. The molecule has 0 saturated heterocycles. The number of nitro benzene ring substituents is 1. The summed E-state index contributed by atoms with van der Waals surface area (Å²) in [4.78, 5) is 22.0. The molecule has 0 aliphatic heterocycles. The van der Waals surface area contributed by atoms with Crippen molar-refractivity contribution in [2.45, 2.75) is 6.61 Å². The number of para-hydroxylation sites is 1. The fourth-order valence-corrected chi connectivity index (χ4v) is 1.92. The summed E-state index contributed by atoms with van der Waals surface area (Å²) in [6.45, 7) is -3.03. The van der Waals surface area contributed by atoms with E-state index in [0.717, 1.165) is 24.3 Å². The fourth-order valence-electron chi connectivity index (χ4n) is 1.92. The summed E-state index contributed by atoms with van der Waals surface area (Å²) in [5, 5.41) is 13.1. The first-order chi connectivity index (χ1) is 12.5. The van der Waals surface area contributed by atoms with Crippen LogP contribution >= 0.6 is 0 Å². The Hall–Kier alpha value is -3.49. The molecule has 26 heavy (non-hydrogen) atoms. The molecule has 0 aromatic heterocycles. The number of nitrogens with zero attached hydrogens (tertiary/aromatic N) is 1. The van der Waals surface area contributed by atoms with Crippen molar-refractivity contribution < 1.29 is 28.0 Å². The zero-order valence-corrected chi connectivity index (χ0v) is 13.3. The summed E-state index contributed by atoms with van der Waals surface area (Å²) in [5.41, 5.74) is -0.614. The van der Waals surface area contributed by atoms with Crippen molar-refractivity contribution in [3.63, 3.8) is 0 Å². The van der Waals surface area contributed by atoms with E-state index in [9.17, 15) is 23.7 Å². The molecule has 0 fully saturated rings. The Morgan fingerprint density at radius 3 is 2.62 bits per heavy atom. The number of non-ortho nitro benzene ring substituents is 1. The molecule has 0 spiro atoms. The van der Waals surface area contributed by atoms with E-state index in [0.29, 0.717) is 5.75 Å². The molecule has 1 amide bonds. The highest BCUT2D eigenvalue weighted by molar-refractivity contribution is 6.00. The Morgan fingerprint density at radius 1 is 1.23 bits per heavy atom. The summed E-state index contributed by atoms with van der Waals surface area (Å²) >= 11 is 0. The predicted molar refractivity (Wildman–Crippen MR) is 89.4 cm³/mol. The summed E-state index contributed by atoms with van der Waals surface area (Å²) in [5.74, 6) is -0.446. The van der Waals surface area contributed by atoms with Crippen molar-refractivity contribution in [3.05, 3.63) is 70.8 Å². The highest BCUT2D eigenvalue weighted by Crippen LogP contribution is 2.30. The first kappa shape index (κ1) is 18.8. The van der Waals surface area contributed by atoms with Crippen molar-refractivity contribution in [1.82, 2.24) is 0 Å². The van der Waals surface area contributed by atoms with E-state index in [4.69, 9.17) is 4.74 Å². The van der Waals surface area contributed by atoms with Crippen LogP contribution in [0.5, 0.6) is 11.5 Å². The molecule has 2 aromatic rings. The minimum Gasteiger partial charge on any atom is -0.490 e. The molecule has 2 aromatic carbocycles. The Bertz CT molecular complexity index is 797. The average molecular weight is 364 g/mol. The molecule has 0 aliphatic carbocycles. The minimum atomic E-state index is -3.14. The van der Waals surface area contributed by atoms with Gasteiger partial charge in [-0.3, -0.25) is 14.9 Å². The maximum Gasteiger partial charge on any atom is 0.387 e. The second-order valence-corrected chi connectivity index (χ2v) is 4.83. The van der Waals surface area contributed by atoms with Gasteiger partial charge in [0.05, 0.1) is 10.6 Å². The number of hydrogen-bond donors (Lipinski definition) is 1. The first-order valence-corrected chi connectivity index (χ1v) is 7.34. The van der Waals surface area contributed by atoms with Gasteiger partial charge in [0, 0.05) is 18.2 Å². The van der Waals surface area contributed by atoms with Crippen LogP contribution in [0.15, 0.2) is 60.7 Å². The lowest BCUT2D eigenvalue weighted by molar-refractivity contribution is -0.384. The van der Waals surface area contributed by atoms with Crippen LogP contribution in [-0.4, -0.2) is 24.0 Å². The van der Waals surface area contributed by atoms with Gasteiger partial charge >= 0.3 is 6.61 Å². The third-order valence-corrected chi connectivity index (χ3v) is 3.01. The van der Waals surface area contributed by atoms with Crippen LogP contribution < -0.4 is 14.8 Å². The number of rotatable bonds is 8. The van der Waals surface area contributed by atoms with Crippen molar-refractivity contribution in [1.29, 1.82) is 0 Å². The first-order valence-electron chi connectivity index (χ1n) is 7.34. The Labute approximate surface area is 147 Å². The molecular weight excluding hydrogens is 350 g/mol. The van der Waals surface area contributed by atoms with Gasteiger partial charge < -0.3 is 14.8 Å². The van der Waals surface area contributed by atoms with Gasteiger partial charge in [0.1, 0.15) is 18.1 Å². The van der Waals surface area contributed by atoms with Crippen LogP contribution in [0.2, 0.25) is 0 Å². The molecule has 0 bridgehead atoms. The van der Waals surface area contributed by atoms with Gasteiger partial charge in [-0.25, -0.2) is 0 Å². The number of hydrogen-bond acceptors (Lipinski definition) is 5. The molecule has 0 saturated carbocycles. The Balaban J connectivity index is 2.00. The molecule has 0 atom stereocenters. The molecule has 7 nitrogen and oxygen atoms in total. The monoisotopic (exact) mass is 364 g/mol. The third kappa shape index (κ3) is 5.86. The van der Waals surface area contributed by atoms with Crippen LogP contribution in [0, 0.1) is 10.1 Å². The third-order valence-electron chi connectivity index (χ3n) is 3.01. The second kappa shape index (κ2) is 9.11. The lowest BCUT2D eigenvalue weighted by atomic mass is 10.2. The number of carbonyl (C=O) groups excluding carboxylic acids is 1. The van der Waals surface area contributed by atoms with Gasteiger partial charge in [0.25, 0.3) is 5.69 Å². The summed E-state index contributed by atoms with van der Waals surface area (Å²) in [6, 6.07) is 11.8. The molecular formula is C17H14F2N2O5. The second-order valence-electron chi connectivity index (χ2n) is 4.83. The quantitative estimate of drug-likeness (QED) is 0.437. The molecule has 0 heterocycles. The maximum absolute atomic E-state index is 12.4. The summed E-state index contributed by atoms with van der Waals surface area (Å²) in [6.07, 6.45) is 2.53. The predicted octanol–water partition coefficient (Wildman–Crippen LogP) is 3.77. The number of alkyl halides is 2. The highest BCUT2D eigenvalue weighted by Gasteiger charge is 2.16. The number of carbonyl (C=O) groups is 1. The van der Waals surface area contributed by atoms with Crippen LogP contribution in [0.25, 0.3) is 0 Å². The Morgan fingerprint density at radius 2 is 1.96 bits per heavy atom. The van der Waals surface area contributed by atoms with Crippen LogP contribution in [0.1, 0.15) is 0 Å². The molecule has 0 aliphatic rings. The van der Waals surface area contributed by atoms with Gasteiger partial charge in [-0.2, -0.15) is 8.78 Å². The lowest BCUT2D eigenvalue weighted by Crippen LogP contribution is -2.12. The smallest absolute Gasteiger partial charge is 0.387 e.